The molecule has 0 aliphatic heterocycles. The van der Waals surface area contributed by atoms with Gasteiger partial charge in [-0.15, -0.1) is 0 Å². The molecule has 1 aromatic carbocycles. The zero-order chi connectivity index (χ0) is 13.7. The lowest BCUT2D eigenvalue weighted by Gasteiger charge is -2.12. The van der Waals surface area contributed by atoms with Crippen LogP contribution in [0.5, 0.6) is 11.5 Å². The number of halogens is 1. The number of hydrogen-bond acceptors (Lipinski definition) is 3. The van der Waals surface area contributed by atoms with Crippen molar-refractivity contribution in [2.45, 2.75) is 20.4 Å². The number of nitrogens with one attached hydrogen (secondary N) is 1. The number of benzene rings is 1. The first-order chi connectivity index (χ1) is 9.20. The standard InChI is InChI=1S/C15H17ClN2O/c1-3-17-9-12-6-7-18-10-15(12)19-14-5-4-11(2)8-13(14)16/h4-8,10,17H,3,9H2,1-2H3. The van der Waals surface area contributed by atoms with Crippen molar-refractivity contribution in [2.75, 3.05) is 6.54 Å². The van der Waals surface area contributed by atoms with Crippen LogP contribution in [0.4, 0.5) is 0 Å². The average Bonchev–Trinajstić information content (AvgIpc) is 2.41. The van der Waals surface area contributed by atoms with Gasteiger partial charge in [0.05, 0.1) is 11.2 Å². The molecule has 0 fully saturated rings. The topological polar surface area (TPSA) is 34.2 Å². The van der Waals surface area contributed by atoms with Gasteiger partial charge >= 0.3 is 0 Å². The first kappa shape index (κ1) is 13.8. The fraction of sp³-hybridized carbons (Fsp3) is 0.267. The van der Waals surface area contributed by atoms with E-state index in [1.807, 2.05) is 31.2 Å². The predicted octanol–water partition coefficient (Wildman–Crippen LogP) is 3.95. The van der Waals surface area contributed by atoms with Gasteiger partial charge in [-0.1, -0.05) is 24.6 Å². The summed E-state index contributed by atoms with van der Waals surface area (Å²) in [5.74, 6) is 1.38. The maximum atomic E-state index is 6.18. The van der Waals surface area contributed by atoms with Gasteiger partial charge in [0, 0.05) is 18.3 Å². The highest BCUT2D eigenvalue weighted by Crippen LogP contribution is 2.31. The molecule has 0 aliphatic carbocycles. The fourth-order valence-electron chi connectivity index (χ4n) is 1.71. The number of rotatable bonds is 5. The SMILES string of the molecule is CCNCc1ccncc1Oc1ccc(C)cc1Cl. The van der Waals surface area contributed by atoms with E-state index < -0.39 is 0 Å². The Hall–Kier alpha value is -1.58. The van der Waals surface area contributed by atoms with Crippen LogP contribution in [0.15, 0.2) is 36.7 Å². The molecular formula is C15H17ClN2O. The van der Waals surface area contributed by atoms with E-state index in [2.05, 4.69) is 17.2 Å². The molecule has 1 aromatic heterocycles. The first-order valence-corrected chi connectivity index (χ1v) is 6.66. The Morgan fingerprint density at radius 3 is 2.84 bits per heavy atom. The van der Waals surface area contributed by atoms with Crippen molar-refractivity contribution in [3.63, 3.8) is 0 Å². The molecule has 0 saturated heterocycles. The van der Waals surface area contributed by atoms with Crippen LogP contribution in [0.2, 0.25) is 5.02 Å². The summed E-state index contributed by atoms with van der Waals surface area (Å²) in [6.07, 6.45) is 3.47. The number of aryl methyl sites for hydroxylation is 1. The minimum atomic E-state index is 0.609. The van der Waals surface area contributed by atoms with Gasteiger partial charge in [0.2, 0.25) is 0 Å². The summed E-state index contributed by atoms with van der Waals surface area (Å²) in [7, 11) is 0. The zero-order valence-electron chi connectivity index (χ0n) is 11.1. The van der Waals surface area contributed by atoms with Gasteiger partial charge in [-0.3, -0.25) is 4.98 Å². The summed E-state index contributed by atoms with van der Waals surface area (Å²) in [6, 6.07) is 7.68. The first-order valence-electron chi connectivity index (χ1n) is 6.28. The Kier molecular flexibility index (Phi) is 4.77. The molecule has 0 atom stereocenters. The quantitative estimate of drug-likeness (QED) is 0.898. The monoisotopic (exact) mass is 276 g/mol. The predicted molar refractivity (Wildman–Crippen MR) is 77.9 cm³/mol. The van der Waals surface area contributed by atoms with Gasteiger partial charge in [-0.25, -0.2) is 0 Å². The molecule has 1 N–H and O–H groups in total. The second kappa shape index (κ2) is 6.55. The molecule has 0 saturated carbocycles. The third-order valence-corrected chi connectivity index (χ3v) is 3.04. The van der Waals surface area contributed by atoms with E-state index in [1.54, 1.807) is 12.4 Å². The summed E-state index contributed by atoms with van der Waals surface area (Å²) in [6.45, 7) is 5.72. The van der Waals surface area contributed by atoms with Crippen molar-refractivity contribution in [3.8, 4) is 11.5 Å². The highest BCUT2D eigenvalue weighted by atomic mass is 35.5. The molecule has 19 heavy (non-hydrogen) atoms. The lowest BCUT2D eigenvalue weighted by molar-refractivity contribution is 0.471. The van der Waals surface area contributed by atoms with E-state index in [-0.39, 0.29) is 0 Å². The van der Waals surface area contributed by atoms with Crippen molar-refractivity contribution >= 4 is 11.6 Å². The van der Waals surface area contributed by atoms with Crippen LogP contribution in [-0.2, 0) is 6.54 Å². The molecule has 2 aromatic rings. The maximum absolute atomic E-state index is 6.18. The fourth-order valence-corrected chi connectivity index (χ4v) is 1.99. The van der Waals surface area contributed by atoms with Crippen LogP contribution in [0.1, 0.15) is 18.1 Å². The van der Waals surface area contributed by atoms with Crippen LogP contribution >= 0.6 is 11.6 Å². The molecule has 4 heteroatoms. The normalized spacial score (nSPS) is 10.5. The zero-order valence-corrected chi connectivity index (χ0v) is 11.9. The molecule has 0 aliphatic rings. The Morgan fingerprint density at radius 2 is 2.11 bits per heavy atom. The average molecular weight is 277 g/mol. The van der Waals surface area contributed by atoms with E-state index >= 15 is 0 Å². The second-order valence-electron chi connectivity index (χ2n) is 4.30. The van der Waals surface area contributed by atoms with Gasteiger partial charge < -0.3 is 10.1 Å². The molecule has 0 bridgehead atoms. The highest BCUT2D eigenvalue weighted by molar-refractivity contribution is 6.32. The van der Waals surface area contributed by atoms with Crippen molar-refractivity contribution in [3.05, 3.63) is 52.8 Å². The third kappa shape index (κ3) is 3.69. The van der Waals surface area contributed by atoms with Crippen LogP contribution in [-0.4, -0.2) is 11.5 Å². The van der Waals surface area contributed by atoms with Gasteiger partial charge in [-0.05, 0) is 37.2 Å². The van der Waals surface area contributed by atoms with Gasteiger partial charge in [-0.2, -0.15) is 0 Å². The summed E-state index contributed by atoms with van der Waals surface area (Å²) in [4.78, 5) is 4.10. The third-order valence-electron chi connectivity index (χ3n) is 2.74. The van der Waals surface area contributed by atoms with Crippen LogP contribution < -0.4 is 10.1 Å². The van der Waals surface area contributed by atoms with E-state index in [1.165, 1.54) is 0 Å². The minimum Gasteiger partial charge on any atom is -0.454 e. The molecule has 1 heterocycles. The van der Waals surface area contributed by atoms with E-state index in [4.69, 9.17) is 16.3 Å². The van der Waals surface area contributed by atoms with Gasteiger partial charge in [0.1, 0.15) is 11.5 Å². The summed E-state index contributed by atoms with van der Waals surface area (Å²) in [5, 5.41) is 3.88. The molecule has 0 spiro atoms. The molecule has 0 amide bonds. The van der Waals surface area contributed by atoms with Crippen molar-refractivity contribution in [1.82, 2.24) is 10.3 Å². The van der Waals surface area contributed by atoms with Crippen LogP contribution in [0.3, 0.4) is 0 Å². The van der Waals surface area contributed by atoms with Crippen LogP contribution in [0, 0.1) is 6.92 Å². The molecule has 3 nitrogen and oxygen atoms in total. The molecule has 100 valence electrons. The Labute approximate surface area is 118 Å². The van der Waals surface area contributed by atoms with E-state index in [0.717, 1.165) is 30.0 Å². The van der Waals surface area contributed by atoms with Crippen molar-refractivity contribution < 1.29 is 4.74 Å². The molecule has 0 unspecified atom stereocenters. The molecular weight excluding hydrogens is 260 g/mol. The number of pyridine rings is 1. The highest BCUT2D eigenvalue weighted by Gasteiger charge is 2.07. The maximum Gasteiger partial charge on any atom is 0.150 e. The minimum absolute atomic E-state index is 0.609. The van der Waals surface area contributed by atoms with Crippen molar-refractivity contribution in [1.29, 1.82) is 0 Å². The lowest BCUT2D eigenvalue weighted by Crippen LogP contribution is -2.12. The molecule has 2 rings (SSSR count). The Morgan fingerprint density at radius 1 is 1.26 bits per heavy atom. The van der Waals surface area contributed by atoms with Crippen molar-refractivity contribution in [2.24, 2.45) is 0 Å². The second-order valence-corrected chi connectivity index (χ2v) is 4.71. The smallest absolute Gasteiger partial charge is 0.150 e. The Bertz CT molecular complexity index is 558. The van der Waals surface area contributed by atoms with Gasteiger partial charge in [0.25, 0.3) is 0 Å². The Balaban J connectivity index is 2.22. The number of ether oxygens (including phenoxy) is 1. The number of hydrogen-bond donors (Lipinski definition) is 1. The summed E-state index contributed by atoms with van der Waals surface area (Å²) < 4.78 is 5.86. The van der Waals surface area contributed by atoms with E-state index in [9.17, 15) is 0 Å². The lowest BCUT2D eigenvalue weighted by atomic mass is 10.2. The summed E-state index contributed by atoms with van der Waals surface area (Å²) >= 11 is 6.18. The van der Waals surface area contributed by atoms with Gasteiger partial charge in [0.15, 0.2) is 0 Å². The van der Waals surface area contributed by atoms with Crippen LogP contribution in [0.25, 0.3) is 0 Å². The summed E-state index contributed by atoms with van der Waals surface area (Å²) in [5.41, 5.74) is 2.17. The largest absolute Gasteiger partial charge is 0.454 e. The molecule has 0 radical (unpaired) electrons. The number of aromatic nitrogens is 1. The number of nitrogens with zero attached hydrogens (tertiary/aromatic N) is 1. The van der Waals surface area contributed by atoms with E-state index in [0.29, 0.717) is 10.8 Å².